The second kappa shape index (κ2) is 5.06. The summed E-state index contributed by atoms with van der Waals surface area (Å²) >= 11 is 6.74. The molecule has 1 aromatic carbocycles. The van der Waals surface area contributed by atoms with Gasteiger partial charge in [0.05, 0.1) is 5.69 Å². The van der Waals surface area contributed by atoms with Crippen molar-refractivity contribution >= 4 is 37.5 Å². The van der Waals surface area contributed by atoms with E-state index in [2.05, 4.69) is 36.8 Å². The molecule has 88 valence electrons. The first-order chi connectivity index (χ1) is 8.06. The van der Waals surface area contributed by atoms with E-state index in [-0.39, 0.29) is 0 Å². The van der Waals surface area contributed by atoms with E-state index in [0.717, 1.165) is 14.5 Å². The fraction of sp³-hybridized carbons (Fsp3) is 0.0833. The average Bonchev–Trinajstić information content (AvgIpc) is 2.27. The van der Waals surface area contributed by atoms with Crippen molar-refractivity contribution in [3.05, 3.63) is 45.0 Å². The first kappa shape index (κ1) is 12.4. The van der Waals surface area contributed by atoms with Crippen LogP contribution in [0.5, 0.6) is 11.6 Å². The van der Waals surface area contributed by atoms with Gasteiger partial charge in [0.1, 0.15) is 5.75 Å². The minimum atomic E-state index is 0.412. The minimum absolute atomic E-state index is 0.412. The normalized spacial score (nSPS) is 10.3. The van der Waals surface area contributed by atoms with E-state index in [9.17, 15) is 0 Å². The quantitative estimate of drug-likeness (QED) is 0.872. The number of nitrogens with zero attached hydrogens (tertiary/aromatic N) is 1. The summed E-state index contributed by atoms with van der Waals surface area (Å²) in [5.41, 5.74) is 7.41. The lowest BCUT2D eigenvalue weighted by Crippen LogP contribution is -1.95. The van der Waals surface area contributed by atoms with Gasteiger partial charge in [-0.15, -0.1) is 0 Å². The summed E-state index contributed by atoms with van der Waals surface area (Å²) in [4.78, 5) is 4.12. The molecule has 0 aliphatic heterocycles. The van der Waals surface area contributed by atoms with Gasteiger partial charge in [0.2, 0.25) is 5.88 Å². The van der Waals surface area contributed by atoms with E-state index in [4.69, 9.17) is 10.5 Å². The van der Waals surface area contributed by atoms with E-state index in [0.29, 0.717) is 17.3 Å². The van der Waals surface area contributed by atoms with Crippen LogP contribution in [0.3, 0.4) is 0 Å². The number of rotatable bonds is 2. The highest BCUT2D eigenvalue weighted by Gasteiger charge is 2.05. The highest BCUT2D eigenvalue weighted by molar-refractivity contribution is 9.10. The molecule has 0 saturated carbocycles. The Bertz CT molecular complexity index is 558. The summed E-state index contributed by atoms with van der Waals surface area (Å²) in [6.45, 7) is 2.00. The Labute approximate surface area is 116 Å². The molecular formula is C12H10Br2N2O. The zero-order valence-corrected chi connectivity index (χ0v) is 12.2. The zero-order chi connectivity index (χ0) is 12.4. The van der Waals surface area contributed by atoms with Crippen molar-refractivity contribution in [3.8, 4) is 11.6 Å². The van der Waals surface area contributed by atoms with Crippen molar-refractivity contribution in [2.45, 2.75) is 6.92 Å². The van der Waals surface area contributed by atoms with E-state index in [1.165, 1.54) is 0 Å². The van der Waals surface area contributed by atoms with E-state index < -0.39 is 0 Å². The number of halogens is 2. The lowest BCUT2D eigenvalue weighted by Gasteiger charge is -2.08. The van der Waals surface area contributed by atoms with Gasteiger partial charge >= 0.3 is 0 Å². The Hall–Kier alpha value is -1.07. The number of benzene rings is 1. The molecule has 2 rings (SSSR count). The van der Waals surface area contributed by atoms with Gasteiger partial charge in [-0.2, -0.15) is 0 Å². The minimum Gasteiger partial charge on any atom is -0.437 e. The second-order valence-electron chi connectivity index (χ2n) is 3.56. The molecule has 1 heterocycles. The van der Waals surface area contributed by atoms with Crippen molar-refractivity contribution in [1.82, 2.24) is 4.98 Å². The van der Waals surface area contributed by atoms with Crippen LogP contribution in [0.15, 0.2) is 39.4 Å². The first-order valence-corrected chi connectivity index (χ1v) is 6.50. The molecule has 3 nitrogen and oxygen atoms in total. The highest BCUT2D eigenvalue weighted by atomic mass is 79.9. The fourth-order valence-electron chi connectivity index (χ4n) is 1.32. The van der Waals surface area contributed by atoms with Crippen LogP contribution in [0.25, 0.3) is 0 Å². The Kier molecular flexibility index (Phi) is 3.69. The molecule has 0 unspecified atom stereocenters. The maximum Gasteiger partial charge on any atom is 0.242 e. The van der Waals surface area contributed by atoms with Crippen LogP contribution < -0.4 is 10.5 Å². The molecule has 0 radical (unpaired) electrons. The van der Waals surface area contributed by atoms with Crippen LogP contribution in [0, 0.1) is 6.92 Å². The Balaban J connectivity index is 2.28. The number of aryl methyl sites for hydroxylation is 1. The summed E-state index contributed by atoms with van der Waals surface area (Å²) in [5.74, 6) is 1.13. The van der Waals surface area contributed by atoms with Crippen LogP contribution in [0.1, 0.15) is 5.56 Å². The number of nitrogens with two attached hydrogens (primary N) is 1. The number of hydrogen-bond acceptors (Lipinski definition) is 3. The largest absolute Gasteiger partial charge is 0.437 e. The van der Waals surface area contributed by atoms with E-state index in [1.807, 2.05) is 25.1 Å². The summed E-state index contributed by atoms with van der Waals surface area (Å²) in [6.07, 6.45) is 1.65. The number of nitrogen functional groups attached to an aromatic ring is 1. The molecule has 0 aliphatic carbocycles. The van der Waals surface area contributed by atoms with Crippen molar-refractivity contribution < 1.29 is 4.74 Å². The lowest BCUT2D eigenvalue weighted by atomic mass is 10.2. The number of pyridine rings is 1. The van der Waals surface area contributed by atoms with Crippen molar-refractivity contribution in [2.24, 2.45) is 0 Å². The highest BCUT2D eigenvalue weighted by Crippen LogP contribution is 2.29. The van der Waals surface area contributed by atoms with Gasteiger partial charge in [0, 0.05) is 15.1 Å². The van der Waals surface area contributed by atoms with Gasteiger partial charge in [-0.3, -0.25) is 0 Å². The molecular weight excluding hydrogens is 348 g/mol. The summed E-state index contributed by atoms with van der Waals surface area (Å²) < 4.78 is 7.49. The lowest BCUT2D eigenvalue weighted by molar-refractivity contribution is 0.465. The first-order valence-electron chi connectivity index (χ1n) is 4.91. The molecule has 2 aromatic rings. The van der Waals surface area contributed by atoms with Gasteiger partial charge in [-0.05, 0) is 52.7 Å². The molecule has 2 N–H and O–H groups in total. The number of hydrogen-bond donors (Lipinski definition) is 1. The SMILES string of the molecule is Cc1cc(Oc2ncc(Br)cc2N)ccc1Br. The number of ether oxygens (including phenoxy) is 1. The monoisotopic (exact) mass is 356 g/mol. The third-order valence-electron chi connectivity index (χ3n) is 2.19. The molecule has 0 atom stereocenters. The predicted octanol–water partition coefficient (Wildman–Crippen LogP) is 4.29. The van der Waals surface area contributed by atoms with E-state index >= 15 is 0 Å². The van der Waals surface area contributed by atoms with Crippen LogP contribution in [-0.4, -0.2) is 4.98 Å². The molecule has 17 heavy (non-hydrogen) atoms. The van der Waals surface area contributed by atoms with Crippen molar-refractivity contribution in [3.63, 3.8) is 0 Å². The average molecular weight is 358 g/mol. The van der Waals surface area contributed by atoms with Crippen LogP contribution in [-0.2, 0) is 0 Å². The molecule has 0 amide bonds. The van der Waals surface area contributed by atoms with Gasteiger partial charge in [0.15, 0.2) is 0 Å². The van der Waals surface area contributed by atoms with Crippen molar-refractivity contribution in [1.29, 1.82) is 0 Å². The summed E-state index contributed by atoms with van der Waals surface area (Å²) in [7, 11) is 0. The second-order valence-corrected chi connectivity index (χ2v) is 5.33. The maximum absolute atomic E-state index is 5.81. The maximum atomic E-state index is 5.81. The third kappa shape index (κ3) is 2.98. The van der Waals surface area contributed by atoms with Crippen LogP contribution >= 0.6 is 31.9 Å². The molecule has 0 fully saturated rings. The number of aromatic nitrogens is 1. The Morgan fingerprint density at radius 1 is 1.24 bits per heavy atom. The number of anilines is 1. The smallest absolute Gasteiger partial charge is 0.242 e. The Morgan fingerprint density at radius 3 is 2.65 bits per heavy atom. The summed E-state index contributed by atoms with van der Waals surface area (Å²) in [5, 5.41) is 0. The standard InChI is InChI=1S/C12H10Br2N2O/c1-7-4-9(2-3-10(7)14)17-12-11(15)5-8(13)6-16-12/h2-6H,15H2,1H3. The molecule has 5 heteroatoms. The third-order valence-corrected chi connectivity index (χ3v) is 3.51. The molecule has 0 saturated heterocycles. The van der Waals surface area contributed by atoms with Gasteiger partial charge < -0.3 is 10.5 Å². The van der Waals surface area contributed by atoms with Crippen molar-refractivity contribution in [2.75, 3.05) is 5.73 Å². The molecule has 0 aliphatic rings. The summed E-state index contributed by atoms with van der Waals surface area (Å²) in [6, 6.07) is 7.47. The van der Waals surface area contributed by atoms with Crippen LogP contribution in [0.4, 0.5) is 5.69 Å². The van der Waals surface area contributed by atoms with Gasteiger partial charge in [-0.1, -0.05) is 15.9 Å². The molecule has 0 bridgehead atoms. The van der Waals surface area contributed by atoms with Crippen LogP contribution in [0.2, 0.25) is 0 Å². The Morgan fingerprint density at radius 2 is 2.00 bits per heavy atom. The molecule has 1 aromatic heterocycles. The van der Waals surface area contributed by atoms with Gasteiger partial charge in [0.25, 0.3) is 0 Å². The zero-order valence-electron chi connectivity index (χ0n) is 9.08. The van der Waals surface area contributed by atoms with Gasteiger partial charge in [-0.25, -0.2) is 4.98 Å². The molecule has 0 spiro atoms. The van der Waals surface area contributed by atoms with E-state index in [1.54, 1.807) is 12.3 Å². The fourth-order valence-corrected chi connectivity index (χ4v) is 1.92. The topological polar surface area (TPSA) is 48.1 Å². The predicted molar refractivity (Wildman–Crippen MR) is 75.3 cm³/mol.